The van der Waals surface area contributed by atoms with Crippen LogP contribution in [0.25, 0.3) is 5.69 Å². The molecule has 0 unspecified atom stereocenters. The van der Waals surface area contributed by atoms with E-state index in [1.807, 2.05) is 41.6 Å². The van der Waals surface area contributed by atoms with Crippen LogP contribution in [-0.4, -0.2) is 61.9 Å². The number of ether oxygens (including phenoxy) is 1. The maximum absolute atomic E-state index is 13.1. The molecule has 1 fully saturated rings. The number of imidazole rings is 1. The van der Waals surface area contributed by atoms with Crippen LogP contribution in [0, 0.1) is 0 Å². The number of carbonyl (C=O) groups excluding carboxylic acids is 1. The summed E-state index contributed by atoms with van der Waals surface area (Å²) in [5.41, 5.74) is 1.55. The Morgan fingerprint density at radius 1 is 1.29 bits per heavy atom. The third-order valence-corrected chi connectivity index (χ3v) is 5.17. The first-order valence-corrected chi connectivity index (χ1v) is 9.50. The molecule has 2 aromatic heterocycles. The van der Waals surface area contributed by atoms with Crippen LogP contribution in [0.2, 0.25) is 0 Å². The highest BCUT2D eigenvalue weighted by atomic mass is 16.5. The molecule has 8 heteroatoms. The number of hydrogen-bond donors (Lipinski definition) is 0. The third kappa shape index (κ3) is 3.82. The van der Waals surface area contributed by atoms with Crippen LogP contribution in [0.5, 0.6) is 0 Å². The lowest BCUT2D eigenvalue weighted by molar-refractivity contribution is 0.0702. The van der Waals surface area contributed by atoms with Crippen molar-refractivity contribution in [3.8, 4) is 5.69 Å². The van der Waals surface area contributed by atoms with Gasteiger partial charge in [0.25, 0.3) is 5.91 Å². The van der Waals surface area contributed by atoms with E-state index >= 15 is 0 Å². The Kier molecular flexibility index (Phi) is 5.48. The van der Waals surface area contributed by atoms with Crippen LogP contribution >= 0.6 is 0 Å². The first-order chi connectivity index (χ1) is 13.8. The zero-order valence-corrected chi connectivity index (χ0v) is 15.9. The van der Waals surface area contributed by atoms with Crippen LogP contribution in [0.1, 0.15) is 34.9 Å². The minimum atomic E-state index is 0.0506. The van der Waals surface area contributed by atoms with Crippen molar-refractivity contribution in [3.63, 3.8) is 0 Å². The predicted octanol–water partition coefficient (Wildman–Crippen LogP) is 2.13. The van der Waals surface area contributed by atoms with E-state index in [4.69, 9.17) is 4.74 Å². The summed E-state index contributed by atoms with van der Waals surface area (Å²) >= 11 is 0. The van der Waals surface area contributed by atoms with E-state index in [0.29, 0.717) is 18.7 Å². The molecule has 0 saturated carbocycles. The van der Waals surface area contributed by atoms with Gasteiger partial charge in [0, 0.05) is 56.3 Å². The summed E-state index contributed by atoms with van der Waals surface area (Å²) < 4.78 is 9.12. The van der Waals surface area contributed by atoms with Gasteiger partial charge in [-0.2, -0.15) is 0 Å². The molecule has 0 radical (unpaired) electrons. The molecule has 1 aromatic carbocycles. The van der Waals surface area contributed by atoms with Gasteiger partial charge in [-0.3, -0.25) is 9.36 Å². The van der Waals surface area contributed by atoms with E-state index < -0.39 is 0 Å². The van der Waals surface area contributed by atoms with Crippen molar-refractivity contribution in [2.45, 2.75) is 25.3 Å². The fourth-order valence-corrected chi connectivity index (χ4v) is 3.75. The molecule has 4 rings (SSSR count). The first-order valence-electron chi connectivity index (χ1n) is 9.50. The van der Waals surface area contributed by atoms with E-state index in [-0.39, 0.29) is 11.8 Å². The van der Waals surface area contributed by atoms with Gasteiger partial charge in [0.2, 0.25) is 0 Å². The van der Waals surface area contributed by atoms with E-state index in [2.05, 4.69) is 19.7 Å². The molecule has 0 spiro atoms. The predicted molar refractivity (Wildman–Crippen MR) is 103 cm³/mol. The van der Waals surface area contributed by atoms with Gasteiger partial charge in [0.1, 0.15) is 18.5 Å². The third-order valence-electron chi connectivity index (χ3n) is 5.17. The van der Waals surface area contributed by atoms with Crippen LogP contribution in [0.4, 0.5) is 0 Å². The molecule has 1 atom stereocenters. The van der Waals surface area contributed by atoms with Gasteiger partial charge in [-0.05, 0) is 31.0 Å². The van der Waals surface area contributed by atoms with Gasteiger partial charge in [0.05, 0.1) is 6.61 Å². The summed E-state index contributed by atoms with van der Waals surface area (Å²) in [5.74, 6) is 1.33. The number of piperidine rings is 1. The average Bonchev–Trinajstić information content (AvgIpc) is 3.44. The zero-order valence-electron chi connectivity index (χ0n) is 15.9. The topological polar surface area (TPSA) is 78.1 Å². The molecule has 0 aliphatic carbocycles. The summed E-state index contributed by atoms with van der Waals surface area (Å²) in [6, 6.07) is 7.57. The Balaban J connectivity index is 1.50. The van der Waals surface area contributed by atoms with Crippen LogP contribution < -0.4 is 0 Å². The molecule has 1 aliphatic heterocycles. The van der Waals surface area contributed by atoms with Gasteiger partial charge < -0.3 is 14.2 Å². The highest BCUT2D eigenvalue weighted by molar-refractivity contribution is 5.94. The van der Waals surface area contributed by atoms with Crippen molar-refractivity contribution in [1.82, 2.24) is 29.2 Å². The molecule has 1 saturated heterocycles. The number of rotatable bonds is 6. The summed E-state index contributed by atoms with van der Waals surface area (Å²) in [6.07, 6.45) is 9.07. The van der Waals surface area contributed by atoms with Gasteiger partial charge in [0.15, 0.2) is 0 Å². The average molecular weight is 380 g/mol. The first kappa shape index (κ1) is 18.4. The summed E-state index contributed by atoms with van der Waals surface area (Å²) in [7, 11) is 1.70. The number of methoxy groups -OCH3 is 1. The van der Waals surface area contributed by atoms with Crippen LogP contribution in [0.3, 0.4) is 0 Å². The summed E-state index contributed by atoms with van der Waals surface area (Å²) in [5, 5.41) is 7.66. The number of likely N-dealkylation sites (tertiary alicyclic amines) is 1. The standard InChI is InChI=1S/C20H24N6O2/c1-28-11-10-24-9-7-21-19(24)17-5-3-8-25(13-17)20(27)16-4-2-6-18(12-16)26-14-22-23-15-26/h2,4,6-7,9,12,14-15,17H,3,5,8,10-11,13H2,1H3/t17-/m1/s1. The number of carbonyl (C=O) groups is 1. The van der Waals surface area contributed by atoms with Crippen LogP contribution in [0.15, 0.2) is 49.3 Å². The monoisotopic (exact) mass is 380 g/mol. The smallest absolute Gasteiger partial charge is 0.253 e. The van der Waals surface area contributed by atoms with Gasteiger partial charge in [-0.25, -0.2) is 4.98 Å². The van der Waals surface area contributed by atoms with Crippen molar-refractivity contribution in [2.75, 3.05) is 26.8 Å². The molecule has 1 amide bonds. The number of hydrogen-bond acceptors (Lipinski definition) is 5. The second kappa shape index (κ2) is 8.35. The van der Waals surface area contributed by atoms with E-state index in [0.717, 1.165) is 37.4 Å². The second-order valence-electron chi connectivity index (χ2n) is 6.98. The molecule has 1 aliphatic rings. The molecule has 0 bridgehead atoms. The summed E-state index contributed by atoms with van der Waals surface area (Å²) in [4.78, 5) is 19.6. The lowest BCUT2D eigenvalue weighted by Gasteiger charge is -2.33. The quantitative estimate of drug-likeness (QED) is 0.655. The highest BCUT2D eigenvalue weighted by Gasteiger charge is 2.28. The van der Waals surface area contributed by atoms with Gasteiger partial charge in [-0.1, -0.05) is 6.07 Å². The number of nitrogens with zero attached hydrogens (tertiary/aromatic N) is 6. The molecular weight excluding hydrogens is 356 g/mol. The van der Waals surface area contributed by atoms with Crippen molar-refractivity contribution in [1.29, 1.82) is 0 Å². The SMILES string of the molecule is COCCn1ccnc1[C@@H]1CCCN(C(=O)c2cccc(-n3cnnc3)c2)C1. The van der Waals surface area contributed by atoms with Crippen LogP contribution in [-0.2, 0) is 11.3 Å². The number of aromatic nitrogens is 5. The molecule has 8 nitrogen and oxygen atoms in total. The van der Waals surface area contributed by atoms with Crippen molar-refractivity contribution in [3.05, 3.63) is 60.7 Å². The maximum Gasteiger partial charge on any atom is 0.253 e. The molecule has 3 heterocycles. The Morgan fingerprint density at radius 2 is 2.14 bits per heavy atom. The molecule has 0 N–H and O–H groups in total. The second-order valence-corrected chi connectivity index (χ2v) is 6.98. The number of amides is 1. The zero-order chi connectivity index (χ0) is 19.3. The minimum Gasteiger partial charge on any atom is -0.383 e. The molecule has 146 valence electrons. The molecule has 28 heavy (non-hydrogen) atoms. The fraction of sp³-hybridized carbons (Fsp3) is 0.400. The normalized spacial score (nSPS) is 17.0. The van der Waals surface area contributed by atoms with Crippen molar-refractivity contribution >= 4 is 5.91 Å². The largest absolute Gasteiger partial charge is 0.383 e. The Hall–Kier alpha value is -3.00. The lowest BCUT2D eigenvalue weighted by Crippen LogP contribution is -2.39. The molecular formula is C20H24N6O2. The lowest BCUT2D eigenvalue weighted by atomic mass is 9.96. The van der Waals surface area contributed by atoms with Gasteiger partial charge >= 0.3 is 0 Å². The van der Waals surface area contributed by atoms with E-state index in [9.17, 15) is 4.79 Å². The van der Waals surface area contributed by atoms with E-state index in [1.54, 1.807) is 24.3 Å². The molecule has 3 aromatic rings. The maximum atomic E-state index is 13.1. The Labute approximate surface area is 163 Å². The van der Waals surface area contributed by atoms with Crippen molar-refractivity contribution < 1.29 is 9.53 Å². The van der Waals surface area contributed by atoms with Gasteiger partial charge in [-0.15, -0.1) is 10.2 Å². The number of benzene rings is 1. The Bertz CT molecular complexity index is 920. The van der Waals surface area contributed by atoms with E-state index in [1.165, 1.54) is 0 Å². The highest BCUT2D eigenvalue weighted by Crippen LogP contribution is 2.27. The Morgan fingerprint density at radius 3 is 2.96 bits per heavy atom. The fourth-order valence-electron chi connectivity index (χ4n) is 3.75. The minimum absolute atomic E-state index is 0.0506. The van der Waals surface area contributed by atoms with Crippen molar-refractivity contribution in [2.24, 2.45) is 0 Å². The summed E-state index contributed by atoms with van der Waals surface area (Å²) in [6.45, 7) is 2.87.